The summed E-state index contributed by atoms with van der Waals surface area (Å²) >= 11 is 2.99. The van der Waals surface area contributed by atoms with Gasteiger partial charge >= 0.3 is 6.03 Å². The molecule has 0 aliphatic heterocycles. The molecule has 2 N–H and O–H groups in total. The van der Waals surface area contributed by atoms with Crippen molar-refractivity contribution in [1.29, 1.82) is 0 Å². The molecular weight excluding hydrogens is 406 g/mol. The molecule has 0 radical (unpaired) electrons. The van der Waals surface area contributed by atoms with E-state index in [1.54, 1.807) is 11.3 Å². The van der Waals surface area contributed by atoms with Crippen molar-refractivity contribution in [3.05, 3.63) is 17.5 Å². The molecule has 2 bridgehead atoms. The zero-order valence-corrected chi connectivity index (χ0v) is 18.4. The molecule has 9 heteroatoms. The molecule has 29 heavy (non-hydrogen) atoms. The summed E-state index contributed by atoms with van der Waals surface area (Å²) in [5, 5.41) is 16.6. The third-order valence-corrected chi connectivity index (χ3v) is 7.96. The van der Waals surface area contributed by atoms with Crippen LogP contribution in [-0.2, 0) is 4.79 Å². The van der Waals surface area contributed by atoms with Crippen LogP contribution in [0.25, 0.3) is 10.7 Å². The van der Waals surface area contributed by atoms with Crippen molar-refractivity contribution in [3.8, 4) is 10.7 Å². The molecule has 2 fully saturated rings. The number of nitrogens with zero attached hydrogens (tertiary/aromatic N) is 3. The van der Waals surface area contributed by atoms with Gasteiger partial charge in [0.2, 0.25) is 5.91 Å². The number of urea groups is 1. The van der Waals surface area contributed by atoms with E-state index in [1.165, 1.54) is 37.4 Å². The predicted molar refractivity (Wildman–Crippen MR) is 115 cm³/mol. The number of carbonyl (C=O) groups is 2. The van der Waals surface area contributed by atoms with Crippen LogP contribution in [0, 0.1) is 17.8 Å². The van der Waals surface area contributed by atoms with Crippen molar-refractivity contribution in [1.82, 2.24) is 25.4 Å². The Morgan fingerprint density at radius 2 is 2.21 bits per heavy atom. The number of hydrogen-bond acceptors (Lipinski definition) is 6. The van der Waals surface area contributed by atoms with Crippen LogP contribution in [0.2, 0.25) is 0 Å². The molecule has 2 aliphatic rings. The number of hydrogen-bond donors (Lipinski definition) is 2. The lowest BCUT2D eigenvalue weighted by Crippen LogP contribution is -2.40. The number of fused-ring (bicyclic) bond motifs is 2. The van der Waals surface area contributed by atoms with Gasteiger partial charge in [0.25, 0.3) is 0 Å². The van der Waals surface area contributed by atoms with Crippen LogP contribution in [0.1, 0.15) is 45.6 Å². The standard InChI is InChI=1S/C20H27N5O2S2/c1-3-21-19(27)22-17(26)11-29-20-24-23-18(16-5-4-8-28-16)25(20)12(2)15-10-13-6-7-14(15)9-13/h4-5,8,12-15H,3,6-7,9-11H2,1-2H3,(H2,21,22,26,27). The minimum Gasteiger partial charge on any atom is -0.338 e. The quantitative estimate of drug-likeness (QED) is 0.646. The van der Waals surface area contributed by atoms with Gasteiger partial charge in [0, 0.05) is 12.6 Å². The minimum atomic E-state index is -0.464. The average Bonchev–Trinajstić information content (AvgIpc) is 3.49. The Kier molecular flexibility index (Phi) is 6.24. The van der Waals surface area contributed by atoms with E-state index in [0.29, 0.717) is 12.5 Å². The summed E-state index contributed by atoms with van der Waals surface area (Å²) in [6.45, 7) is 4.56. The Morgan fingerprint density at radius 3 is 2.86 bits per heavy atom. The van der Waals surface area contributed by atoms with Crippen LogP contribution in [-0.4, -0.2) is 39.0 Å². The van der Waals surface area contributed by atoms with Crippen LogP contribution < -0.4 is 10.6 Å². The maximum Gasteiger partial charge on any atom is 0.321 e. The smallest absolute Gasteiger partial charge is 0.321 e. The zero-order chi connectivity index (χ0) is 20.4. The summed E-state index contributed by atoms with van der Waals surface area (Å²) in [7, 11) is 0. The third kappa shape index (κ3) is 4.35. The van der Waals surface area contributed by atoms with E-state index in [-0.39, 0.29) is 17.7 Å². The molecule has 4 rings (SSSR count). The van der Waals surface area contributed by atoms with Crippen LogP contribution in [0.3, 0.4) is 0 Å². The van der Waals surface area contributed by atoms with Gasteiger partial charge in [-0.15, -0.1) is 21.5 Å². The first kappa shape index (κ1) is 20.4. The van der Waals surface area contributed by atoms with E-state index in [9.17, 15) is 9.59 Å². The van der Waals surface area contributed by atoms with Gasteiger partial charge in [0.15, 0.2) is 11.0 Å². The summed E-state index contributed by atoms with van der Waals surface area (Å²) in [6, 6.07) is 3.91. The second-order valence-corrected chi connectivity index (χ2v) is 9.82. The topological polar surface area (TPSA) is 88.9 Å². The second-order valence-electron chi connectivity index (χ2n) is 7.93. The third-order valence-electron chi connectivity index (χ3n) is 6.15. The van der Waals surface area contributed by atoms with Crippen molar-refractivity contribution in [2.75, 3.05) is 12.3 Å². The molecule has 2 aromatic heterocycles. The Labute approximate surface area is 179 Å². The maximum atomic E-state index is 12.1. The Morgan fingerprint density at radius 1 is 1.34 bits per heavy atom. The molecule has 0 saturated heterocycles. The lowest BCUT2D eigenvalue weighted by Gasteiger charge is -2.30. The summed E-state index contributed by atoms with van der Waals surface area (Å²) < 4.78 is 2.22. The van der Waals surface area contributed by atoms with Gasteiger partial charge in [-0.1, -0.05) is 24.2 Å². The molecule has 0 spiro atoms. The molecular formula is C20H27N5O2S2. The number of thioether (sulfide) groups is 1. The maximum absolute atomic E-state index is 12.1. The van der Waals surface area contributed by atoms with Crippen LogP contribution in [0.5, 0.6) is 0 Å². The number of amides is 3. The van der Waals surface area contributed by atoms with Crippen LogP contribution in [0.15, 0.2) is 22.7 Å². The zero-order valence-electron chi connectivity index (χ0n) is 16.8. The second kappa shape index (κ2) is 8.87. The fourth-order valence-electron chi connectivity index (χ4n) is 4.89. The fraction of sp³-hybridized carbons (Fsp3) is 0.600. The highest BCUT2D eigenvalue weighted by molar-refractivity contribution is 7.99. The highest BCUT2D eigenvalue weighted by Crippen LogP contribution is 2.53. The van der Waals surface area contributed by atoms with Gasteiger partial charge in [-0.25, -0.2) is 4.79 Å². The lowest BCUT2D eigenvalue weighted by molar-refractivity contribution is -0.117. The van der Waals surface area contributed by atoms with Gasteiger partial charge < -0.3 is 5.32 Å². The largest absolute Gasteiger partial charge is 0.338 e. The number of rotatable bonds is 7. The van der Waals surface area contributed by atoms with E-state index in [0.717, 1.165) is 27.7 Å². The van der Waals surface area contributed by atoms with E-state index in [1.807, 2.05) is 18.4 Å². The van der Waals surface area contributed by atoms with Gasteiger partial charge in [0.05, 0.1) is 10.6 Å². The van der Waals surface area contributed by atoms with Crippen molar-refractivity contribution < 1.29 is 9.59 Å². The van der Waals surface area contributed by atoms with Crippen molar-refractivity contribution in [3.63, 3.8) is 0 Å². The van der Waals surface area contributed by atoms with E-state index in [4.69, 9.17) is 0 Å². The number of carbonyl (C=O) groups excluding carboxylic acids is 2. The number of aromatic nitrogens is 3. The summed E-state index contributed by atoms with van der Waals surface area (Å²) in [4.78, 5) is 24.8. The minimum absolute atomic E-state index is 0.128. The number of nitrogens with one attached hydrogen (secondary N) is 2. The SMILES string of the molecule is CCNC(=O)NC(=O)CSc1nnc(-c2cccs2)n1C(C)C1CC2CCC1C2. The monoisotopic (exact) mass is 433 g/mol. The van der Waals surface area contributed by atoms with Crippen molar-refractivity contribution in [2.24, 2.45) is 17.8 Å². The van der Waals surface area contributed by atoms with Crippen molar-refractivity contribution in [2.45, 2.75) is 50.7 Å². The number of imide groups is 1. The van der Waals surface area contributed by atoms with Gasteiger partial charge in [-0.05, 0) is 62.3 Å². The van der Waals surface area contributed by atoms with Gasteiger partial charge in [0.1, 0.15) is 0 Å². The number of thiophene rings is 1. The first-order valence-electron chi connectivity index (χ1n) is 10.3. The van der Waals surface area contributed by atoms with Gasteiger partial charge in [-0.3, -0.25) is 14.7 Å². The molecule has 0 aromatic carbocycles. The summed E-state index contributed by atoms with van der Waals surface area (Å²) in [5.74, 6) is 2.96. The Balaban J connectivity index is 1.53. The first-order chi connectivity index (χ1) is 14.1. The molecule has 4 unspecified atom stereocenters. The molecule has 2 saturated carbocycles. The molecule has 3 amide bonds. The van der Waals surface area contributed by atoms with E-state index < -0.39 is 6.03 Å². The van der Waals surface area contributed by atoms with E-state index in [2.05, 4.69) is 38.4 Å². The normalized spacial score (nSPS) is 23.9. The highest BCUT2D eigenvalue weighted by Gasteiger charge is 2.43. The highest BCUT2D eigenvalue weighted by atomic mass is 32.2. The Bertz CT molecular complexity index is 866. The molecule has 2 aromatic rings. The first-order valence-corrected chi connectivity index (χ1v) is 12.1. The molecule has 7 nitrogen and oxygen atoms in total. The van der Waals surface area contributed by atoms with Crippen LogP contribution >= 0.6 is 23.1 Å². The average molecular weight is 434 g/mol. The predicted octanol–water partition coefficient (Wildman–Crippen LogP) is 3.94. The van der Waals surface area contributed by atoms with E-state index >= 15 is 0 Å². The lowest BCUT2D eigenvalue weighted by atomic mass is 9.84. The molecule has 4 atom stereocenters. The Hall–Kier alpha value is -1.87. The summed E-state index contributed by atoms with van der Waals surface area (Å²) in [6.07, 6.45) is 5.32. The van der Waals surface area contributed by atoms with Gasteiger partial charge in [-0.2, -0.15) is 0 Å². The van der Waals surface area contributed by atoms with Crippen LogP contribution in [0.4, 0.5) is 4.79 Å². The molecule has 2 aliphatic carbocycles. The summed E-state index contributed by atoms with van der Waals surface area (Å²) in [5.41, 5.74) is 0. The van der Waals surface area contributed by atoms with Crippen molar-refractivity contribution >= 4 is 35.0 Å². The molecule has 2 heterocycles. The molecule has 156 valence electrons. The fourth-order valence-corrected chi connectivity index (χ4v) is 6.42.